The topological polar surface area (TPSA) is 46.6 Å². The molecule has 30 heavy (non-hydrogen) atoms. The lowest BCUT2D eigenvalue weighted by Crippen LogP contribution is -2.36. The number of hydrogen-bond donors (Lipinski definition) is 0. The third kappa shape index (κ3) is 6.71. The molecule has 0 N–H and O–H groups in total. The molecule has 5 heteroatoms. The normalized spacial score (nSPS) is 11.5. The van der Waals surface area contributed by atoms with Gasteiger partial charge in [-0.05, 0) is 41.7 Å². The van der Waals surface area contributed by atoms with Crippen molar-refractivity contribution in [3.63, 3.8) is 0 Å². The van der Waals surface area contributed by atoms with E-state index in [2.05, 4.69) is 6.92 Å². The van der Waals surface area contributed by atoms with Gasteiger partial charge < -0.3 is 4.74 Å². The van der Waals surface area contributed by atoms with Gasteiger partial charge in [-0.1, -0.05) is 79.7 Å². The van der Waals surface area contributed by atoms with E-state index >= 15 is 0 Å². The molecule has 0 saturated heterocycles. The van der Waals surface area contributed by atoms with Gasteiger partial charge in [-0.25, -0.2) is 8.42 Å². The average molecular weight is 424 g/mol. The van der Waals surface area contributed by atoms with Crippen LogP contribution in [0.4, 0.5) is 0 Å². The molecule has 3 aromatic carbocycles. The van der Waals surface area contributed by atoms with Crippen LogP contribution in [0.3, 0.4) is 0 Å². The van der Waals surface area contributed by atoms with Crippen LogP contribution in [0, 0.1) is 0 Å². The van der Waals surface area contributed by atoms with Crippen LogP contribution in [-0.4, -0.2) is 31.6 Å². The Labute approximate surface area is 180 Å². The first-order valence-electron chi connectivity index (χ1n) is 10.3. The Morgan fingerprint density at radius 2 is 1.37 bits per heavy atom. The zero-order chi connectivity index (χ0) is 21.2. The summed E-state index contributed by atoms with van der Waals surface area (Å²) in [7, 11) is -3.47. The molecule has 0 aliphatic heterocycles. The van der Waals surface area contributed by atoms with Gasteiger partial charge in [0.05, 0.1) is 5.75 Å². The fraction of sp³-hybridized carbons (Fsp3) is 0.280. The highest BCUT2D eigenvalue weighted by atomic mass is 32.2. The van der Waals surface area contributed by atoms with Gasteiger partial charge >= 0.3 is 0 Å². The smallest absolute Gasteiger partial charge is 0.217 e. The Kier molecular flexibility index (Phi) is 8.05. The van der Waals surface area contributed by atoms with E-state index in [1.165, 1.54) is 5.56 Å². The second-order valence-electron chi connectivity index (χ2n) is 7.22. The van der Waals surface area contributed by atoms with E-state index in [-0.39, 0.29) is 12.4 Å². The summed E-state index contributed by atoms with van der Waals surface area (Å²) in [5.41, 5.74) is 3.33. The van der Waals surface area contributed by atoms with E-state index < -0.39 is 10.0 Å². The zero-order valence-electron chi connectivity index (χ0n) is 17.4. The summed E-state index contributed by atoms with van der Waals surface area (Å²) in [4.78, 5) is 0. The molecule has 0 bridgehead atoms. The van der Waals surface area contributed by atoms with Crippen molar-refractivity contribution in [1.29, 1.82) is 0 Å². The summed E-state index contributed by atoms with van der Waals surface area (Å²) in [5, 5.41) is 0. The molecule has 0 fully saturated rings. The Hall–Kier alpha value is -2.63. The zero-order valence-corrected chi connectivity index (χ0v) is 18.2. The van der Waals surface area contributed by atoms with Gasteiger partial charge in [0.2, 0.25) is 10.0 Å². The minimum atomic E-state index is -3.47. The quantitative estimate of drug-likeness (QED) is 0.449. The number of benzene rings is 3. The fourth-order valence-electron chi connectivity index (χ4n) is 3.22. The molecule has 0 saturated carbocycles. The number of sulfonamides is 1. The van der Waals surface area contributed by atoms with Gasteiger partial charge in [-0.3, -0.25) is 0 Å². The van der Waals surface area contributed by atoms with E-state index in [1.54, 1.807) is 4.31 Å². The molecule has 0 aromatic heterocycles. The lowest BCUT2D eigenvalue weighted by atomic mass is 10.1. The van der Waals surface area contributed by atoms with Crippen LogP contribution in [-0.2, 0) is 29.4 Å². The van der Waals surface area contributed by atoms with E-state index in [0.29, 0.717) is 25.3 Å². The van der Waals surface area contributed by atoms with Crippen LogP contribution in [0.25, 0.3) is 0 Å². The average Bonchev–Trinajstić information content (AvgIpc) is 2.78. The molecule has 158 valence electrons. The van der Waals surface area contributed by atoms with Crippen LogP contribution < -0.4 is 4.74 Å². The predicted octanol–water partition coefficient (Wildman–Crippen LogP) is 4.70. The van der Waals surface area contributed by atoms with Gasteiger partial charge in [0.25, 0.3) is 0 Å². The summed E-state index contributed by atoms with van der Waals surface area (Å²) < 4.78 is 33.5. The minimum absolute atomic E-state index is 0.0514. The lowest BCUT2D eigenvalue weighted by Gasteiger charge is -2.22. The van der Waals surface area contributed by atoms with Gasteiger partial charge in [-0.2, -0.15) is 4.31 Å². The second kappa shape index (κ2) is 11.0. The SMILES string of the molecule is CCc1ccc(OCCS(=O)(=O)N(CCc2ccccc2)Cc2ccccc2)cc1. The van der Waals surface area contributed by atoms with E-state index in [4.69, 9.17) is 4.74 Å². The molecule has 0 amide bonds. The van der Waals surface area contributed by atoms with Crippen molar-refractivity contribution in [2.45, 2.75) is 26.3 Å². The standard InChI is InChI=1S/C25H29NO3S/c1-2-22-13-15-25(16-14-22)29-19-20-30(27,28)26(21-24-11-7-4-8-12-24)18-17-23-9-5-3-6-10-23/h3-16H,2,17-21H2,1H3. The second-order valence-corrected chi connectivity index (χ2v) is 9.31. The third-order valence-electron chi connectivity index (χ3n) is 5.03. The molecular formula is C25H29NO3S. The molecular weight excluding hydrogens is 394 g/mol. The summed E-state index contributed by atoms with van der Waals surface area (Å²) in [6.45, 7) is 3.03. The van der Waals surface area contributed by atoms with Gasteiger partial charge in [0.15, 0.2) is 0 Å². The fourth-order valence-corrected chi connectivity index (χ4v) is 4.48. The van der Waals surface area contributed by atoms with Crippen molar-refractivity contribution in [1.82, 2.24) is 4.31 Å². The molecule has 0 spiro atoms. The van der Waals surface area contributed by atoms with Crippen molar-refractivity contribution in [2.24, 2.45) is 0 Å². The van der Waals surface area contributed by atoms with E-state index in [1.807, 2.05) is 84.9 Å². The lowest BCUT2D eigenvalue weighted by molar-refractivity contribution is 0.333. The largest absolute Gasteiger partial charge is 0.492 e. The van der Waals surface area contributed by atoms with Crippen molar-refractivity contribution in [3.8, 4) is 5.75 Å². The highest BCUT2D eigenvalue weighted by Gasteiger charge is 2.22. The maximum absolute atomic E-state index is 13.1. The molecule has 0 atom stereocenters. The Morgan fingerprint density at radius 3 is 1.97 bits per heavy atom. The highest BCUT2D eigenvalue weighted by molar-refractivity contribution is 7.89. The number of rotatable bonds is 11. The number of aryl methyl sites for hydroxylation is 1. The number of ether oxygens (including phenoxy) is 1. The van der Waals surface area contributed by atoms with Crippen molar-refractivity contribution < 1.29 is 13.2 Å². The summed E-state index contributed by atoms with van der Waals surface area (Å²) in [6.07, 6.45) is 1.64. The van der Waals surface area contributed by atoms with Gasteiger partial charge in [-0.15, -0.1) is 0 Å². The molecule has 3 aromatic rings. The maximum Gasteiger partial charge on any atom is 0.217 e. The van der Waals surface area contributed by atoms with Crippen LogP contribution in [0.15, 0.2) is 84.9 Å². The minimum Gasteiger partial charge on any atom is -0.492 e. The van der Waals surface area contributed by atoms with Crippen LogP contribution in [0.5, 0.6) is 5.75 Å². The third-order valence-corrected chi connectivity index (χ3v) is 6.81. The van der Waals surface area contributed by atoms with Gasteiger partial charge in [0.1, 0.15) is 12.4 Å². The van der Waals surface area contributed by atoms with Crippen LogP contribution in [0.1, 0.15) is 23.6 Å². The summed E-state index contributed by atoms with van der Waals surface area (Å²) >= 11 is 0. The number of nitrogens with zero attached hydrogens (tertiary/aromatic N) is 1. The van der Waals surface area contributed by atoms with Crippen molar-refractivity contribution in [2.75, 3.05) is 18.9 Å². The van der Waals surface area contributed by atoms with Crippen LogP contribution in [0.2, 0.25) is 0 Å². The number of hydrogen-bond acceptors (Lipinski definition) is 3. The Bertz CT molecular complexity index is 988. The van der Waals surface area contributed by atoms with E-state index in [9.17, 15) is 8.42 Å². The molecule has 0 aliphatic rings. The van der Waals surface area contributed by atoms with Gasteiger partial charge in [0, 0.05) is 13.1 Å². The molecule has 0 unspecified atom stereocenters. The first-order valence-corrected chi connectivity index (χ1v) is 11.9. The summed E-state index contributed by atoms with van der Waals surface area (Å²) in [5.74, 6) is 0.644. The van der Waals surface area contributed by atoms with Crippen molar-refractivity contribution in [3.05, 3.63) is 102 Å². The Balaban J connectivity index is 1.64. The highest BCUT2D eigenvalue weighted by Crippen LogP contribution is 2.15. The molecule has 0 radical (unpaired) electrons. The molecule has 3 rings (SSSR count). The van der Waals surface area contributed by atoms with E-state index in [0.717, 1.165) is 17.5 Å². The first kappa shape index (κ1) is 22.1. The molecule has 0 aliphatic carbocycles. The molecule has 0 heterocycles. The van der Waals surface area contributed by atoms with Crippen molar-refractivity contribution >= 4 is 10.0 Å². The monoisotopic (exact) mass is 423 g/mol. The summed E-state index contributed by atoms with van der Waals surface area (Å²) in [6, 6.07) is 27.5. The Morgan fingerprint density at radius 1 is 0.767 bits per heavy atom. The molecule has 4 nitrogen and oxygen atoms in total. The predicted molar refractivity (Wildman–Crippen MR) is 122 cm³/mol. The first-order chi connectivity index (χ1) is 14.6. The van der Waals surface area contributed by atoms with Crippen LogP contribution >= 0.6 is 0 Å². The maximum atomic E-state index is 13.1.